The lowest BCUT2D eigenvalue weighted by atomic mass is 9.68. The van der Waals surface area contributed by atoms with Gasteiger partial charge in [-0.05, 0) is 98.1 Å². The highest BCUT2D eigenvalue weighted by molar-refractivity contribution is 7.26. The topological polar surface area (TPSA) is 16.4 Å². The van der Waals surface area contributed by atoms with Gasteiger partial charge in [-0.3, -0.25) is 0 Å². The molecule has 2 aromatic heterocycles. The molecule has 0 spiro atoms. The second-order valence-electron chi connectivity index (χ2n) is 18.3. The maximum Gasteiger partial charge on any atom is 0.143 e. The first-order valence-electron chi connectivity index (χ1n) is 24.0. The van der Waals surface area contributed by atoms with Crippen LogP contribution in [0, 0.1) is 0 Å². The lowest BCUT2D eigenvalue weighted by Crippen LogP contribution is -2.28. The average molecular weight is 910 g/mol. The molecule has 2 nitrogen and oxygen atoms in total. The summed E-state index contributed by atoms with van der Waals surface area (Å²) in [4.78, 5) is 2.36. The van der Waals surface area contributed by atoms with Crippen molar-refractivity contribution in [3.63, 3.8) is 0 Å². The largest absolute Gasteiger partial charge is 0.455 e. The van der Waals surface area contributed by atoms with Crippen LogP contribution >= 0.6 is 11.3 Å². The Hall–Kier alpha value is -8.76. The van der Waals surface area contributed by atoms with E-state index in [0.29, 0.717) is 0 Å². The molecule has 1 aliphatic rings. The summed E-state index contributed by atoms with van der Waals surface area (Å²) < 4.78 is 9.88. The van der Waals surface area contributed by atoms with Crippen LogP contribution in [0.25, 0.3) is 86.6 Å². The molecule has 14 rings (SSSR count). The smallest absolute Gasteiger partial charge is 0.143 e. The van der Waals surface area contributed by atoms with Gasteiger partial charge in [0.05, 0.1) is 5.41 Å². The minimum Gasteiger partial charge on any atom is -0.455 e. The molecule has 11 aromatic carbocycles. The van der Waals surface area contributed by atoms with E-state index in [1.807, 2.05) is 11.3 Å². The van der Waals surface area contributed by atoms with Crippen molar-refractivity contribution < 1.29 is 4.42 Å². The summed E-state index contributed by atoms with van der Waals surface area (Å²) in [6.07, 6.45) is 0. The molecule has 0 bridgehead atoms. The maximum atomic E-state index is 7.25. The minimum atomic E-state index is -0.498. The van der Waals surface area contributed by atoms with Crippen molar-refractivity contribution in [2.24, 2.45) is 0 Å². The molecule has 0 amide bonds. The van der Waals surface area contributed by atoms with E-state index in [4.69, 9.17) is 4.42 Å². The Morgan fingerprint density at radius 2 is 0.800 bits per heavy atom. The first-order chi connectivity index (χ1) is 34.7. The molecule has 70 heavy (non-hydrogen) atoms. The fourth-order valence-corrected chi connectivity index (χ4v) is 12.7. The molecule has 0 radical (unpaired) electrons. The van der Waals surface area contributed by atoms with Crippen molar-refractivity contribution in [1.82, 2.24) is 0 Å². The molecular weight excluding hydrogens is 867 g/mol. The SMILES string of the molecule is c1ccc(-c2ccc(N(c3ccc(-c4cccc5c4oc4c6c(ccc45)C(c4ccccc4)(c4ccccc4)c4ccccc4-6)cc3)c3ccc(-c4cccc5c4sc4ccccc45)cc3)cc2)cc1. The van der Waals surface area contributed by atoms with E-state index in [1.165, 1.54) is 75.8 Å². The van der Waals surface area contributed by atoms with Gasteiger partial charge in [-0.2, -0.15) is 0 Å². The first-order valence-corrected chi connectivity index (χ1v) is 24.8. The quantitative estimate of drug-likeness (QED) is 0.151. The number of furan rings is 1. The highest BCUT2D eigenvalue weighted by atomic mass is 32.1. The molecule has 2 heterocycles. The van der Waals surface area contributed by atoms with Crippen LogP contribution in [0.2, 0.25) is 0 Å². The maximum absolute atomic E-state index is 7.25. The molecule has 0 fully saturated rings. The number of anilines is 3. The predicted octanol–water partition coefficient (Wildman–Crippen LogP) is 18.8. The summed E-state index contributed by atoms with van der Waals surface area (Å²) in [5, 5.41) is 4.86. The number of nitrogens with zero attached hydrogens (tertiary/aromatic N) is 1. The highest BCUT2D eigenvalue weighted by Gasteiger charge is 2.47. The lowest BCUT2D eigenvalue weighted by molar-refractivity contribution is 0.670. The second kappa shape index (κ2) is 16.2. The standard InChI is InChI=1S/C67H43NOS/c1-4-16-44(17-5-1)45-30-36-50(37-31-45)68(52-40-34-47(35-41-52)54-25-15-27-58-55-22-11-13-29-62(55)70-66(54)58)51-38-32-46(33-39-51)53-24-14-26-56-57-42-43-61-63(65(57)69-64(53)56)59-23-10-12-28-60(59)67(61,48-18-6-2-7-19-48)49-20-8-3-9-21-49/h1-43H. The molecule has 0 saturated carbocycles. The van der Waals surface area contributed by atoms with Gasteiger partial charge < -0.3 is 9.32 Å². The molecule has 0 aliphatic heterocycles. The highest BCUT2D eigenvalue weighted by Crippen LogP contribution is 2.58. The Labute approximate surface area is 410 Å². The fraction of sp³-hybridized carbons (Fsp3) is 0.0149. The van der Waals surface area contributed by atoms with Gasteiger partial charge in [-0.15, -0.1) is 11.3 Å². The van der Waals surface area contributed by atoms with Crippen LogP contribution < -0.4 is 4.90 Å². The van der Waals surface area contributed by atoms with E-state index in [0.717, 1.165) is 50.1 Å². The van der Waals surface area contributed by atoms with E-state index in [-0.39, 0.29) is 0 Å². The zero-order valence-corrected chi connectivity index (χ0v) is 38.9. The zero-order valence-electron chi connectivity index (χ0n) is 38.1. The van der Waals surface area contributed by atoms with Gasteiger partial charge in [0, 0.05) is 59.1 Å². The number of benzene rings is 11. The van der Waals surface area contributed by atoms with Crippen molar-refractivity contribution in [3.8, 4) is 44.5 Å². The van der Waals surface area contributed by atoms with Crippen LogP contribution in [0.3, 0.4) is 0 Å². The van der Waals surface area contributed by atoms with Crippen molar-refractivity contribution in [2.75, 3.05) is 4.90 Å². The van der Waals surface area contributed by atoms with Gasteiger partial charge in [0.2, 0.25) is 0 Å². The van der Waals surface area contributed by atoms with Crippen LogP contribution in [-0.4, -0.2) is 0 Å². The van der Waals surface area contributed by atoms with Gasteiger partial charge >= 0.3 is 0 Å². The number of para-hydroxylation sites is 1. The van der Waals surface area contributed by atoms with Crippen molar-refractivity contribution in [1.29, 1.82) is 0 Å². The molecule has 0 atom stereocenters. The molecule has 1 aliphatic carbocycles. The van der Waals surface area contributed by atoms with Crippen LogP contribution in [0.15, 0.2) is 265 Å². The Balaban J connectivity index is 0.880. The molecule has 328 valence electrons. The normalized spacial score (nSPS) is 12.7. The lowest BCUT2D eigenvalue weighted by Gasteiger charge is -2.33. The summed E-state index contributed by atoms with van der Waals surface area (Å²) in [7, 11) is 0. The summed E-state index contributed by atoms with van der Waals surface area (Å²) in [5.41, 5.74) is 18.9. The first kappa shape index (κ1) is 40.3. The molecule has 0 N–H and O–H groups in total. The summed E-state index contributed by atoms with van der Waals surface area (Å²) >= 11 is 1.87. The van der Waals surface area contributed by atoms with Gasteiger partial charge in [-0.25, -0.2) is 0 Å². The van der Waals surface area contributed by atoms with Crippen LogP contribution in [-0.2, 0) is 5.41 Å². The van der Waals surface area contributed by atoms with E-state index in [9.17, 15) is 0 Å². The van der Waals surface area contributed by atoms with Crippen LogP contribution in [0.1, 0.15) is 22.3 Å². The Morgan fingerprint density at radius 1 is 0.314 bits per heavy atom. The summed E-state index contributed by atoms with van der Waals surface area (Å²) in [6.45, 7) is 0. The monoisotopic (exact) mass is 909 g/mol. The van der Waals surface area contributed by atoms with Gasteiger partial charge in [0.25, 0.3) is 0 Å². The molecule has 3 heteroatoms. The predicted molar refractivity (Wildman–Crippen MR) is 295 cm³/mol. The average Bonchev–Trinajstić information content (AvgIpc) is 4.11. The van der Waals surface area contributed by atoms with Crippen molar-refractivity contribution in [2.45, 2.75) is 5.41 Å². The number of fused-ring (bicyclic) bond motifs is 10. The Kier molecular flexibility index (Phi) is 9.33. The van der Waals surface area contributed by atoms with E-state index in [2.05, 4.69) is 266 Å². The third-order valence-electron chi connectivity index (χ3n) is 14.6. The third kappa shape index (κ3) is 6.19. The van der Waals surface area contributed by atoms with Gasteiger partial charge in [-0.1, -0.05) is 218 Å². The molecule has 0 unspecified atom stereocenters. The van der Waals surface area contributed by atoms with E-state index in [1.54, 1.807) is 0 Å². The summed E-state index contributed by atoms with van der Waals surface area (Å²) in [6, 6.07) is 95.0. The van der Waals surface area contributed by atoms with Crippen molar-refractivity contribution >= 4 is 70.5 Å². The van der Waals surface area contributed by atoms with Crippen LogP contribution in [0.4, 0.5) is 17.1 Å². The molecular formula is C67H43NOS. The number of hydrogen-bond acceptors (Lipinski definition) is 3. The molecule has 13 aromatic rings. The number of hydrogen-bond donors (Lipinski definition) is 0. The Morgan fingerprint density at radius 3 is 1.47 bits per heavy atom. The number of thiophene rings is 1. The zero-order chi connectivity index (χ0) is 46.2. The van der Waals surface area contributed by atoms with E-state index >= 15 is 0 Å². The van der Waals surface area contributed by atoms with Gasteiger partial charge in [0.1, 0.15) is 11.2 Å². The number of rotatable bonds is 8. The molecule has 0 saturated heterocycles. The summed E-state index contributed by atoms with van der Waals surface area (Å²) in [5.74, 6) is 0. The van der Waals surface area contributed by atoms with Crippen molar-refractivity contribution in [3.05, 3.63) is 283 Å². The fourth-order valence-electron chi connectivity index (χ4n) is 11.4. The Bertz CT molecular complexity index is 4040. The second-order valence-corrected chi connectivity index (χ2v) is 19.4. The van der Waals surface area contributed by atoms with Gasteiger partial charge in [0.15, 0.2) is 0 Å². The third-order valence-corrected chi connectivity index (χ3v) is 15.8. The minimum absolute atomic E-state index is 0.498. The van der Waals surface area contributed by atoms with E-state index < -0.39 is 5.41 Å². The van der Waals surface area contributed by atoms with Crippen LogP contribution in [0.5, 0.6) is 0 Å².